The van der Waals surface area contributed by atoms with Crippen LogP contribution in [-0.2, 0) is 0 Å². The fourth-order valence-electron chi connectivity index (χ4n) is 9.14. The Morgan fingerprint density at radius 2 is 0.778 bits per heavy atom. The molecule has 0 aliphatic rings. The molecule has 2 heteroatoms. The molecule has 0 aliphatic carbocycles. The standard InChI is InChI=1S/C52H30O2/c1-3-15-35-31(12-1)14-11-22-37(35)49-40-19-7-5-17-38(40)47(39-18-6-8-20-41(39)49)32-24-26-33(27-25-32)48-36-16-4-2-13-34(36)30-43-51-46(54-52(43)48)29-28-45-50(51)42-21-9-10-23-44(42)53-45/h1-30H. The zero-order chi connectivity index (χ0) is 35.3. The highest BCUT2D eigenvalue weighted by Crippen LogP contribution is 2.48. The van der Waals surface area contributed by atoms with Crippen LogP contribution < -0.4 is 0 Å². The van der Waals surface area contributed by atoms with Crippen LogP contribution in [0.4, 0.5) is 0 Å². The summed E-state index contributed by atoms with van der Waals surface area (Å²) in [5, 5.41) is 14.2. The van der Waals surface area contributed by atoms with Gasteiger partial charge < -0.3 is 8.83 Å². The second-order valence-corrected chi connectivity index (χ2v) is 14.3. The molecule has 0 fully saturated rings. The lowest BCUT2D eigenvalue weighted by atomic mass is 9.84. The van der Waals surface area contributed by atoms with Gasteiger partial charge >= 0.3 is 0 Å². The third kappa shape index (κ3) is 4.11. The van der Waals surface area contributed by atoms with Crippen LogP contribution in [-0.4, -0.2) is 0 Å². The largest absolute Gasteiger partial charge is 0.456 e. The molecule has 0 N–H and O–H groups in total. The number of para-hydroxylation sites is 1. The summed E-state index contributed by atoms with van der Waals surface area (Å²) in [5.41, 5.74) is 10.7. The van der Waals surface area contributed by atoms with E-state index in [2.05, 4.69) is 164 Å². The third-order valence-electron chi connectivity index (χ3n) is 11.4. The Bertz CT molecular complexity index is 3430. The van der Waals surface area contributed by atoms with Gasteiger partial charge in [-0.05, 0) is 95.2 Å². The van der Waals surface area contributed by atoms with Crippen LogP contribution in [0, 0.1) is 0 Å². The third-order valence-corrected chi connectivity index (χ3v) is 11.4. The molecule has 0 atom stereocenters. The van der Waals surface area contributed by atoms with Crippen LogP contribution in [0.15, 0.2) is 191 Å². The van der Waals surface area contributed by atoms with E-state index in [4.69, 9.17) is 8.83 Å². The minimum Gasteiger partial charge on any atom is -0.456 e. The maximum absolute atomic E-state index is 6.85. The van der Waals surface area contributed by atoms with Gasteiger partial charge in [-0.2, -0.15) is 0 Å². The molecule has 2 aromatic heterocycles. The Labute approximate surface area is 310 Å². The van der Waals surface area contributed by atoms with Crippen molar-refractivity contribution in [3.8, 4) is 33.4 Å². The maximum Gasteiger partial charge on any atom is 0.143 e. The Morgan fingerprint density at radius 3 is 1.48 bits per heavy atom. The second-order valence-electron chi connectivity index (χ2n) is 14.3. The van der Waals surface area contributed by atoms with E-state index in [1.165, 1.54) is 65.3 Å². The van der Waals surface area contributed by atoms with Gasteiger partial charge in [-0.1, -0.05) is 158 Å². The highest BCUT2D eigenvalue weighted by molar-refractivity contribution is 6.29. The second kappa shape index (κ2) is 11.2. The summed E-state index contributed by atoms with van der Waals surface area (Å²) >= 11 is 0. The minimum absolute atomic E-state index is 0.862. The Kier molecular flexibility index (Phi) is 6.09. The Morgan fingerprint density at radius 1 is 0.278 bits per heavy atom. The van der Waals surface area contributed by atoms with E-state index in [-0.39, 0.29) is 0 Å². The van der Waals surface area contributed by atoms with Gasteiger partial charge in [0.15, 0.2) is 0 Å². The highest BCUT2D eigenvalue weighted by atomic mass is 16.3. The lowest BCUT2D eigenvalue weighted by molar-refractivity contribution is 0.663. The van der Waals surface area contributed by atoms with Crippen molar-refractivity contribution >= 4 is 87.0 Å². The number of hydrogen-bond donors (Lipinski definition) is 0. The van der Waals surface area contributed by atoms with E-state index in [9.17, 15) is 0 Å². The molecular formula is C52H30O2. The maximum atomic E-state index is 6.85. The fraction of sp³-hybridized carbons (Fsp3) is 0. The first-order chi connectivity index (χ1) is 26.8. The molecule has 2 nitrogen and oxygen atoms in total. The SMILES string of the molecule is c1ccc2c(-c3c4ccccc4c(-c4ccc(-c5c6ccccc6cc6c5oc5ccc7oc8ccccc8c7c56)cc4)c4ccccc34)cccc2c1. The number of rotatable bonds is 3. The van der Waals surface area contributed by atoms with Gasteiger partial charge in [0.05, 0.1) is 0 Å². The molecule has 250 valence electrons. The highest BCUT2D eigenvalue weighted by Gasteiger charge is 2.22. The first-order valence-electron chi connectivity index (χ1n) is 18.5. The van der Waals surface area contributed by atoms with E-state index in [0.29, 0.717) is 0 Å². The normalized spacial score (nSPS) is 12.1. The molecule has 54 heavy (non-hydrogen) atoms. The summed E-state index contributed by atoms with van der Waals surface area (Å²) in [6.07, 6.45) is 0. The van der Waals surface area contributed by atoms with Crippen LogP contribution >= 0.6 is 0 Å². The number of fused-ring (bicyclic) bond motifs is 11. The van der Waals surface area contributed by atoms with Crippen LogP contribution in [0.25, 0.3) is 120 Å². The average Bonchev–Trinajstić information content (AvgIpc) is 3.80. The van der Waals surface area contributed by atoms with Crippen molar-refractivity contribution in [1.82, 2.24) is 0 Å². The molecule has 0 radical (unpaired) electrons. The predicted octanol–water partition coefficient (Wildman–Crippen LogP) is 15.1. The van der Waals surface area contributed by atoms with Gasteiger partial charge in [0.1, 0.15) is 22.3 Å². The molecule has 12 rings (SSSR count). The smallest absolute Gasteiger partial charge is 0.143 e. The summed E-state index contributed by atoms with van der Waals surface area (Å²) in [5.74, 6) is 0. The van der Waals surface area contributed by atoms with E-state index >= 15 is 0 Å². The molecule has 0 aliphatic heterocycles. The van der Waals surface area contributed by atoms with Gasteiger partial charge in [-0.15, -0.1) is 0 Å². The fourth-order valence-corrected chi connectivity index (χ4v) is 9.14. The zero-order valence-corrected chi connectivity index (χ0v) is 29.1. The lowest BCUT2D eigenvalue weighted by Crippen LogP contribution is -1.91. The molecule has 0 bridgehead atoms. The minimum atomic E-state index is 0.862. The van der Waals surface area contributed by atoms with Gasteiger partial charge in [-0.25, -0.2) is 0 Å². The quantitative estimate of drug-likeness (QED) is 0.173. The van der Waals surface area contributed by atoms with E-state index in [1.54, 1.807) is 0 Å². The van der Waals surface area contributed by atoms with Crippen molar-refractivity contribution in [3.63, 3.8) is 0 Å². The summed E-state index contributed by atoms with van der Waals surface area (Å²) in [6, 6.07) is 65.6. The van der Waals surface area contributed by atoms with Gasteiger partial charge in [0.2, 0.25) is 0 Å². The van der Waals surface area contributed by atoms with Crippen LogP contribution in [0.2, 0.25) is 0 Å². The van der Waals surface area contributed by atoms with Crippen LogP contribution in [0.3, 0.4) is 0 Å². The first-order valence-corrected chi connectivity index (χ1v) is 18.5. The summed E-state index contributed by atoms with van der Waals surface area (Å²) in [7, 11) is 0. The molecule has 0 amide bonds. The van der Waals surface area contributed by atoms with Crippen LogP contribution in [0.1, 0.15) is 0 Å². The molecule has 0 spiro atoms. The molecule has 2 heterocycles. The summed E-state index contributed by atoms with van der Waals surface area (Å²) < 4.78 is 13.2. The van der Waals surface area contributed by atoms with E-state index in [1.807, 2.05) is 18.2 Å². The Balaban J connectivity index is 1.10. The lowest BCUT2D eigenvalue weighted by Gasteiger charge is -2.19. The van der Waals surface area contributed by atoms with Crippen LogP contribution in [0.5, 0.6) is 0 Å². The predicted molar refractivity (Wildman–Crippen MR) is 227 cm³/mol. The van der Waals surface area contributed by atoms with Crippen molar-refractivity contribution in [2.45, 2.75) is 0 Å². The molecule has 12 aromatic rings. The molecule has 0 saturated heterocycles. The Hall–Kier alpha value is -7.16. The summed E-state index contributed by atoms with van der Waals surface area (Å²) in [4.78, 5) is 0. The van der Waals surface area contributed by atoms with Crippen molar-refractivity contribution < 1.29 is 8.83 Å². The summed E-state index contributed by atoms with van der Waals surface area (Å²) in [6.45, 7) is 0. The van der Waals surface area contributed by atoms with E-state index < -0.39 is 0 Å². The van der Waals surface area contributed by atoms with Crippen molar-refractivity contribution in [2.75, 3.05) is 0 Å². The van der Waals surface area contributed by atoms with Gasteiger partial charge in [0, 0.05) is 27.1 Å². The molecule has 0 unspecified atom stereocenters. The first kappa shape index (κ1) is 29.4. The zero-order valence-electron chi connectivity index (χ0n) is 29.1. The average molecular weight is 687 g/mol. The number of benzene rings is 10. The molecule has 10 aromatic carbocycles. The molecular weight excluding hydrogens is 657 g/mol. The van der Waals surface area contributed by atoms with Crippen molar-refractivity contribution in [1.29, 1.82) is 0 Å². The molecule has 0 saturated carbocycles. The number of furan rings is 2. The topological polar surface area (TPSA) is 26.3 Å². The van der Waals surface area contributed by atoms with Gasteiger partial charge in [0.25, 0.3) is 0 Å². The van der Waals surface area contributed by atoms with Crippen molar-refractivity contribution in [2.24, 2.45) is 0 Å². The van der Waals surface area contributed by atoms with Crippen molar-refractivity contribution in [3.05, 3.63) is 182 Å². The monoisotopic (exact) mass is 686 g/mol. The number of hydrogen-bond acceptors (Lipinski definition) is 2. The van der Waals surface area contributed by atoms with E-state index in [0.717, 1.165) is 55.0 Å². The van der Waals surface area contributed by atoms with Gasteiger partial charge in [-0.3, -0.25) is 0 Å².